The lowest BCUT2D eigenvalue weighted by atomic mass is 10.1. The fraction of sp³-hybridized carbons (Fsp3) is 0.250. The number of aromatic hydroxyl groups is 2. The van der Waals surface area contributed by atoms with Crippen LogP contribution in [-0.2, 0) is 0 Å². The normalized spacial score (nSPS) is 11.4. The summed E-state index contributed by atoms with van der Waals surface area (Å²) < 4.78 is 0. The Morgan fingerprint density at radius 2 is 2.20 bits per heavy atom. The Kier molecular flexibility index (Phi) is 3.92. The van der Waals surface area contributed by atoms with Crippen LogP contribution >= 0.6 is 0 Å². The molecule has 15 heavy (non-hydrogen) atoms. The summed E-state index contributed by atoms with van der Waals surface area (Å²) in [6.45, 7) is 6.09. The molecule has 0 aliphatic carbocycles. The molecule has 0 atom stereocenters. The monoisotopic (exact) mass is 205 g/mol. The van der Waals surface area contributed by atoms with Gasteiger partial charge in [-0.3, -0.25) is 4.99 Å². The first kappa shape index (κ1) is 11.3. The standard InChI is InChI=1S/C12H15NO2/c1-3-7-13-11(4-2)10-6-5-9(14)8-12(10)15/h3,5-6,8,14-15H,1,4,7H2,2H3. The zero-order valence-corrected chi connectivity index (χ0v) is 8.77. The van der Waals surface area contributed by atoms with Crippen molar-refractivity contribution in [2.45, 2.75) is 13.3 Å². The molecule has 0 aliphatic rings. The summed E-state index contributed by atoms with van der Waals surface area (Å²) in [6.07, 6.45) is 2.43. The van der Waals surface area contributed by atoms with Crippen molar-refractivity contribution in [3.05, 3.63) is 36.4 Å². The molecule has 0 fully saturated rings. The minimum atomic E-state index is 0.0513. The van der Waals surface area contributed by atoms with Crippen LogP contribution in [0.1, 0.15) is 18.9 Å². The number of aliphatic imine (C=N–C) groups is 1. The number of nitrogens with zero attached hydrogens (tertiary/aromatic N) is 1. The van der Waals surface area contributed by atoms with E-state index in [0.29, 0.717) is 12.1 Å². The third-order valence-electron chi connectivity index (χ3n) is 2.04. The van der Waals surface area contributed by atoms with Gasteiger partial charge in [-0.2, -0.15) is 0 Å². The molecule has 0 aromatic heterocycles. The quantitative estimate of drug-likeness (QED) is 0.586. The summed E-state index contributed by atoms with van der Waals surface area (Å²) in [5.74, 6) is 0.107. The molecular formula is C12H15NO2. The van der Waals surface area contributed by atoms with Crippen LogP contribution in [0.2, 0.25) is 0 Å². The van der Waals surface area contributed by atoms with Crippen LogP contribution in [-0.4, -0.2) is 22.5 Å². The lowest BCUT2D eigenvalue weighted by molar-refractivity contribution is 0.450. The molecule has 0 spiro atoms. The van der Waals surface area contributed by atoms with Crippen molar-refractivity contribution in [3.63, 3.8) is 0 Å². The second-order valence-corrected chi connectivity index (χ2v) is 3.13. The van der Waals surface area contributed by atoms with Crippen LogP contribution < -0.4 is 0 Å². The molecule has 0 saturated heterocycles. The van der Waals surface area contributed by atoms with Gasteiger partial charge in [0, 0.05) is 17.3 Å². The number of hydrogen-bond acceptors (Lipinski definition) is 3. The topological polar surface area (TPSA) is 52.8 Å². The van der Waals surface area contributed by atoms with Crippen molar-refractivity contribution in [2.24, 2.45) is 4.99 Å². The van der Waals surface area contributed by atoms with Gasteiger partial charge in [-0.15, -0.1) is 6.58 Å². The lowest BCUT2D eigenvalue weighted by Gasteiger charge is -2.06. The molecule has 1 aromatic rings. The van der Waals surface area contributed by atoms with Crippen molar-refractivity contribution in [3.8, 4) is 11.5 Å². The van der Waals surface area contributed by atoms with Crippen molar-refractivity contribution in [1.29, 1.82) is 0 Å². The third kappa shape index (κ3) is 2.84. The zero-order chi connectivity index (χ0) is 11.3. The van der Waals surface area contributed by atoms with E-state index in [9.17, 15) is 5.11 Å². The van der Waals surface area contributed by atoms with Crippen LogP contribution in [0.3, 0.4) is 0 Å². The fourth-order valence-electron chi connectivity index (χ4n) is 1.33. The van der Waals surface area contributed by atoms with E-state index in [4.69, 9.17) is 5.11 Å². The summed E-state index contributed by atoms with van der Waals surface area (Å²) in [5.41, 5.74) is 1.48. The van der Waals surface area contributed by atoms with Gasteiger partial charge < -0.3 is 10.2 Å². The molecule has 80 valence electrons. The Hall–Kier alpha value is -1.77. The van der Waals surface area contributed by atoms with E-state index in [-0.39, 0.29) is 11.5 Å². The van der Waals surface area contributed by atoms with Crippen molar-refractivity contribution in [1.82, 2.24) is 0 Å². The van der Waals surface area contributed by atoms with Gasteiger partial charge in [-0.25, -0.2) is 0 Å². The molecule has 0 bridgehead atoms. The number of phenolic OH excluding ortho intramolecular Hbond substituents is 2. The molecule has 1 rings (SSSR count). The molecule has 1 aromatic carbocycles. The average molecular weight is 205 g/mol. The Morgan fingerprint density at radius 3 is 2.73 bits per heavy atom. The van der Waals surface area contributed by atoms with Crippen LogP contribution in [0, 0.1) is 0 Å². The minimum Gasteiger partial charge on any atom is -0.508 e. The van der Waals surface area contributed by atoms with Gasteiger partial charge in [0.05, 0.1) is 6.54 Å². The SMILES string of the molecule is C=CCN=C(CC)c1ccc(O)cc1O. The van der Waals surface area contributed by atoms with Gasteiger partial charge in [-0.05, 0) is 18.6 Å². The molecule has 0 amide bonds. The number of benzene rings is 1. The maximum Gasteiger partial charge on any atom is 0.128 e. The van der Waals surface area contributed by atoms with Crippen LogP contribution in [0.25, 0.3) is 0 Å². The van der Waals surface area contributed by atoms with Crippen LogP contribution in [0.4, 0.5) is 0 Å². The maximum absolute atomic E-state index is 9.63. The Bertz CT molecular complexity index is 383. The molecule has 0 radical (unpaired) electrons. The molecule has 0 aliphatic heterocycles. The zero-order valence-electron chi connectivity index (χ0n) is 8.77. The van der Waals surface area contributed by atoms with E-state index in [0.717, 1.165) is 12.1 Å². The van der Waals surface area contributed by atoms with Crippen molar-refractivity contribution >= 4 is 5.71 Å². The molecule has 3 heteroatoms. The van der Waals surface area contributed by atoms with Gasteiger partial charge in [0.15, 0.2) is 0 Å². The summed E-state index contributed by atoms with van der Waals surface area (Å²) in [7, 11) is 0. The summed E-state index contributed by atoms with van der Waals surface area (Å²) >= 11 is 0. The van der Waals surface area contributed by atoms with E-state index in [1.54, 1.807) is 12.1 Å². The van der Waals surface area contributed by atoms with Gasteiger partial charge in [-0.1, -0.05) is 13.0 Å². The number of hydrogen-bond donors (Lipinski definition) is 2. The number of phenols is 2. The highest BCUT2D eigenvalue weighted by Crippen LogP contribution is 2.24. The lowest BCUT2D eigenvalue weighted by Crippen LogP contribution is -2.00. The summed E-state index contributed by atoms with van der Waals surface area (Å²) in [6, 6.07) is 4.51. The van der Waals surface area contributed by atoms with Crippen molar-refractivity contribution < 1.29 is 10.2 Å². The molecule has 0 unspecified atom stereocenters. The second-order valence-electron chi connectivity index (χ2n) is 3.13. The second kappa shape index (κ2) is 5.20. The first-order valence-corrected chi connectivity index (χ1v) is 4.85. The third-order valence-corrected chi connectivity index (χ3v) is 2.04. The molecule has 0 saturated carbocycles. The van der Waals surface area contributed by atoms with Gasteiger partial charge in [0.25, 0.3) is 0 Å². The first-order valence-electron chi connectivity index (χ1n) is 4.85. The molecule has 0 heterocycles. The molecule has 2 N–H and O–H groups in total. The molecular weight excluding hydrogens is 190 g/mol. The van der Waals surface area contributed by atoms with Gasteiger partial charge in [0.2, 0.25) is 0 Å². The van der Waals surface area contributed by atoms with Gasteiger partial charge in [0.1, 0.15) is 11.5 Å². The Morgan fingerprint density at radius 1 is 1.47 bits per heavy atom. The van der Waals surface area contributed by atoms with E-state index >= 15 is 0 Å². The van der Waals surface area contributed by atoms with Crippen LogP contribution in [0.15, 0.2) is 35.8 Å². The highest BCUT2D eigenvalue weighted by Gasteiger charge is 2.07. The minimum absolute atomic E-state index is 0.0513. The highest BCUT2D eigenvalue weighted by molar-refractivity contribution is 6.02. The largest absolute Gasteiger partial charge is 0.508 e. The highest BCUT2D eigenvalue weighted by atomic mass is 16.3. The van der Waals surface area contributed by atoms with E-state index < -0.39 is 0 Å². The van der Waals surface area contributed by atoms with E-state index in [2.05, 4.69) is 11.6 Å². The Balaban J connectivity index is 3.07. The fourth-order valence-corrected chi connectivity index (χ4v) is 1.33. The van der Waals surface area contributed by atoms with Crippen molar-refractivity contribution in [2.75, 3.05) is 6.54 Å². The van der Waals surface area contributed by atoms with E-state index in [1.807, 2.05) is 6.92 Å². The average Bonchev–Trinajstić information content (AvgIpc) is 2.21. The predicted molar refractivity (Wildman–Crippen MR) is 61.7 cm³/mol. The summed E-state index contributed by atoms with van der Waals surface area (Å²) in [5, 5.41) is 18.8. The van der Waals surface area contributed by atoms with Gasteiger partial charge >= 0.3 is 0 Å². The number of rotatable bonds is 4. The maximum atomic E-state index is 9.63. The van der Waals surface area contributed by atoms with Crippen LogP contribution in [0.5, 0.6) is 11.5 Å². The smallest absolute Gasteiger partial charge is 0.128 e. The molecule has 3 nitrogen and oxygen atoms in total. The summed E-state index contributed by atoms with van der Waals surface area (Å²) in [4.78, 5) is 4.28. The van der Waals surface area contributed by atoms with E-state index in [1.165, 1.54) is 12.1 Å². The Labute approximate surface area is 89.4 Å². The first-order chi connectivity index (χ1) is 7.19. The predicted octanol–water partition coefficient (Wildman–Crippen LogP) is 2.48.